The van der Waals surface area contributed by atoms with Crippen molar-refractivity contribution in [2.75, 3.05) is 0 Å². The fourth-order valence-electron chi connectivity index (χ4n) is 1.91. The van der Waals surface area contributed by atoms with Crippen LogP contribution in [0.2, 0.25) is 10.2 Å². The van der Waals surface area contributed by atoms with Gasteiger partial charge in [0.2, 0.25) is 0 Å². The van der Waals surface area contributed by atoms with Crippen LogP contribution < -0.4 is 11.2 Å². The number of rotatable bonds is 2. The monoisotopic (exact) mass is 376 g/mol. The van der Waals surface area contributed by atoms with Gasteiger partial charge in [0.05, 0.1) is 16.3 Å². The lowest BCUT2D eigenvalue weighted by atomic mass is 10.1. The smallest absolute Gasteiger partial charge is 0.297 e. The van der Waals surface area contributed by atoms with Crippen molar-refractivity contribution in [2.24, 2.45) is 0 Å². The molecule has 1 N–H and O–H groups in total. The molecule has 1 aromatic carbocycles. The van der Waals surface area contributed by atoms with Crippen molar-refractivity contribution in [2.45, 2.75) is 19.8 Å². The molecular formula is C13H11BrCl2N2O2. The summed E-state index contributed by atoms with van der Waals surface area (Å²) in [6.07, 6.45) is 0. The molecule has 0 aliphatic heterocycles. The van der Waals surface area contributed by atoms with E-state index in [-0.39, 0.29) is 11.1 Å². The maximum absolute atomic E-state index is 12.5. The third kappa shape index (κ3) is 2.71. The predicted molar refractivity (Wildman–Crippen MR) is 84.5 cm³/mol. The molecule has 0 bridgehead atoms. The highest BCUT2D eigenvalue weighted by Crippen LogP contribution is 2.24. The summed E-state index contributed by atoms with van der Waals surface area (Å²) < 4.78 is 1.75. The van der Waals surface area contributed by atoms with Crippen LogP contribution >= 0.6 is 39.1 Å². The van der Waals surface area contributed by atoms with Crippen LogP contribution in [0.25, 0.3) is 5.69 Å². The van der Waals surface area contributed by atoms with Crippen LogP contribution in [-0.4, -0.2) is 9.55 Å². The quantitative estimate of drug-likeness (QED) is 0.811. The molecule has 0 radical (unpaired) electrons. The summed E-state index contributed by atoms with van der Waals surface area (Å²) in [4.78, 5) is 27.0. The van der Waals surface area contributed by atoms with Gasteiger partial charge in [-0.3, -0.25) is 9.78 Å². The Bertz CT molecular complexity index is 781. The van der Waals surface area contributed by atoms with E-state index in [0.29, 0.717) is 16.3 Å². The average Bonchev–Trinajstić information content (AvgIpc) is 2.30. The van der Waals surface area contributed by atoms with E-state index in [2.05, 4.69) is 20.9 Å². The Morgan fingerprint density at radius 3 is 2.45 bits per heavy atom. The van der Waals surface area contributed by atoms with Gasteiger partial charge in [-0.25, -0.2) is 9.36 Å². The molecule has 2 aromatic rings. The minimum atomic E-state index is -0.617. The average molecular weight is 378 g/mol. The molecule has 0 atom stereocenters. The van der Waals surface area contributed by atoms with Crippen LogP contribution in [-0.2, 0) is 0 Å². The number of halogens is 3. The van der Waals surface area contributed by atoms with Gasteiger partial charge in [0.1, 0.15) is 5.15 Å². The summed E-state index contributed by atoms with van der Waals surface area (Å²) in [6, 6.07) is 4.92. The largest absolute Gasteiger partial charge is 0.334 e. The van der Waals surface area contributed by atoms with Gasteiger partial charge in [-0.05, 0) is 24.1 Å². The molecule has 0 aliphatic carbocycles. The van der Waals surface area contributed by atoms with Crippen LogP contribution in [0.15, 0.2) is 32.3 Å². The topological polar surface area (TPSA) is 54.9 Å². The van der Waals surface area contributed by atoms with Crippen LogP contribution in [0.1, 0.15) is 25.3 Å². The van der Waals surface area contributed by atoms with Crippen molar-refractivity contribution < 1.29 is 0 Å². The van der Waals surface area contributed by atoms with Gasteiger partial charge >= 0.3 is 5.69 Å². The first-order chi connectivity index (χ1) is 9.32. The van der Waals surface area contributed by atoms with E-state index >= 15 is 0 Å². The maximum Gasteiger partial charge on any atom is 0.334 e. The number of hydrogen-bond acceptors (Lipinski definition) is 2. The van der Waals surface area contributed by atoms with Crippen molar-refractivity contribution in [1.29, 1.82) is 0 Å². The second kappa shape index (κ2) is 5.76. The highest BCUT2D eigenvalue weighted by Gasteiger charge is 2.18. The number of aromatic nitrogens is 2. The molecule has 1 aromatic heterocycles. The van der Waals surface area contributed by atoms with E-state index in [4.69, 9.17) is 23.2 Å². The lowest BCUT2D eigenvalue weighted by Gasteiger charge is -2.12. The third-order valence-electron chi connectivity index (χ3n) is 2.82. The molecule has 0 saturated carbocycles. The van der Waals surface area contributed by atoms with Gasteiger partial charge in [-0.2, -0.15) is 0 Å². The van der Waals surface area contributed by atoms with E-state index < -0.39 is 11.2 Å². The molecule has 2 rings (SSSR count). The lowest BCUT2D eigenvalue weighted by Crippen LogP contribution is -2.36. The molecule has 20 heavy (non-hydrogen) atoms. The molecule has 106 valence electrons. The molecule has 0 amide bonds. The van der Waals surface area contributed by atoms with Crippen LogP contribution in [0.5, 0.6) is 0 Å². The van der Waals surface area contributed by atoms with Crippen LogP contribution in [0, 0.1) is 0 Å². The first-order valence-electron chi connectivity index (χ1n) is 5.83. The number of nitrogens with one attached hydrogen (secondary N) is 1. The normalized spacial score (nSPS) is 11.1. The molecule has 1 heterocycles. The number of hydrogen-bond donors (Lipinski definition) is 1. The van der Waals surface area contributed by atoms with Gasteiger partial charge in [-0.1, -0.05) is 53.0 Å². The van der Waals surface area contributed by atoms with Crippen molar-refractivity contribution in [1.82, 2.24) is 9.55 Å². The van der Waals surface area contributed by atoms with Crippen LogP contribution in [0.3, 0.4) is 0 Å². The zero-order valence-corrected chi connectivity index (χ0v) is 13.8. The highest BCUT2D eigenvalue weighted by molar-refractivity contribution is 9.10. The molecular weight excluding hydrogens is 367 g/mol. The molecule has 0 unspecified atom stereocenters. The van der Waals surface area contributed by atoms with Crippen LogP contribution in [0.4, 0.5) is 0 Å². The van der Waals surface area contributed by atoms with Gasteiger partial charge in [0.15, 0.2) is 0 Å². The van der Waals surface area contributed by atoms with Gasteiger partial charge in [-0.15, -0.1) is 0 Å². The Morgan fingerprint density at radius 2 is 1.90 bits per heavy atom. The van der Waals surface area contributed by atoms with Crippen molar-refractivity contribution in [3.05, 3.63) is 59.2 Å². The molecule has 4 nitrogen and oxygen atoms in total. The number of nitrogens with zero attached hydrogens (tertiary/aromatic N) is 1. The summed E-state index contributed by atoms with van der Waals surface area (Å²) in [5, 5.41) is 0.364. The molecule has 0 fully saturated rings. The Balaban J connectivity index is 2.85. The first kappa shape index (κ1) is 15.4. The number of aromatic amines is 1. The Morgan fingerprint density at radius 1 is 1.25 bits per heavy atom. The minimum absolute atomic E-state index is 0.0690. The van der Waals surface area contributed by atoms with E-state index in [0.717, 1.165) is 9.04 Å². The fourth-order valence-corrected chi connectivity index (χ4v) is 3.04. The van der Waals surface area contributed by atoms with Crippen molar-refractivity contribution in [3.8, 4) is 5.69 Å². The van der Waals surface area contributed by atoms with Gasteiger partial charge < -0.3 is 0 Å². The number of H-pyrrole nitrogens is 1. The third-order valence-corrected chi connectivity index (χ3v) is 3.91. The standard InChI is InChI=1S/C13H11BrCl2N2O2/c1-6(2)10-11(16)17-13(20)18(12(10)19)9-4-3-7(14)5-8(9)15/h3-6H,1-2H3,(H,17,20). The summed E-state index contributed by atoms with van der Waals surface area (Å²) in [6.45, 7) is 3.66. The predicted octanol–water partition coefficient (Wildman–Crippen LogP) is 3.72. The first-order valence-corrected chi connectivity index (χ1v) is 7.38. The Kier molecular flexibility index (Phi) is 4.42. The molecule has 0 spiro atoms. The second-order valence-electron chi connectivity index (χ2n) is 4.55. The zero-order chi connectivity index (χ0) is 15.0. The zero-order valence-electron chi connectivity index (χ0n) is 10.7. The maximum atomic E-state index is 12.5. The SMILES string of the molecule is CC(C)c1c(Cl)[nH]c(=O)n(-c2ccc(Br)cc2Cl)c1=O. The van der Waals surface area contributed by atoms with E-state index in [1.165, 1.54) is 0 Å². The molecule has 0 aliphatic rings. The van der Waals surface area contributed by atoms with E-state index in [9.17, 15) is 9.59 Å². The summed E-state index contributed by atoms with van der Waals surface area (Å²) in [7, 11) is 0. The van der Waals surface area contributed by atoms with E-state index in [1.54, 1.807) is 18.2 Å². The summed E-state index contributed by atoms with van der Waals surface area (Å²) in [5.74, 6) is -0.118. The minimum Gasteiger partial charge on any atom is -0.297 e. The van der Waals surface area contributed by atoms with E-state index in [1.807, 2.05) is 13.8 Å². The second-order valence-corrected chi connectivity index (χ2v) is 6.25. The summed E-state index contributed by atoms with van der Waals surface area (Å²) in [5.41, 5.74) is -0.406. The number of benzene rings is 1. The van der Waals surface area contributed by atoms with Gasteiger partial charge in [0.25, 0.3) is 5.56 Å². The molecule has 0 saturated heterocycles. The highest BCUT2D eigenvalue weighted by atomic mass is 79.9. The lowest BCUT2D eigenvalue weighted by molar-refractivity contribution is 0.777. The molecule has 7 heteroatoms. The fraction of sp³-hybridized carbons (Fsp3) is 0.231. The summed E-state index contributed by atoms with van der Waals surface area (Å²) >= 11 is 15.3. The van der Waals surface area contributed by atoms with Crippen molar-refractivity contribution in [3.63, 3.8) is 0 Å². The Hall–Kier alpha value is -1.04. The van der Waals surface area contributed by atoms with Crippen molar-refractivity contribution >= 4 is 39.1 Å². The van der Waals surface area contributed by atoms with Gasteiger partial charge in [0, 0.05) is 4.47 Å². The Labute approximate surface area is 133 Å².